The third kappa shape index (κ3) is 2.40. The Balaban J connectivity index is 2.49. The van der Waals surface area contributed by atoms with E-state index < -0.39 is 0 Å². The van der Waals surface area contributed by atoms with E-state index in [0.29, 0.717) is 0 Å². The number of rotatable bonds is 0. The van der Waals surface area contributed by atoms with Crippen molar-refractivity contribution in [1.29, 1.82) is 0 Å². The Bertz CT molecular complexity index is 410. The van der Waals surface area contributed by atoms with Crippen molar-refractivity contribution in [2.24, 2.45) is 4.99 Å². The van der Waals surface area contributed by atoms with Crippen molar-refractivity contribution in [3.8, 4) is 0 Å². The zero-order valence-corrected chi connectivity index (χ0v) is 11.0. The second kappa shape index (κ2) is 4.62. The quantitative estimate of drug-likeness (QED) is 0.670. The van der Waals surface area contributed by atoms with E-state index in [0.717, 1.165) is 17.9 Å². The Labute approximate surface area is 99.8 Å². The summed E-state index contributed by atoms with van der Waals surface area (Å²) in [5, 5.41) is 1.25. The molecule has 0 aliphatic carbocycles. The fraction of sp³-hybridized carbons (Fsp3) is 0.417. The molecule has 0 amide bonds. The van der Waals surface area contributed by atoms with Gasteiger partial charge in [-0.1, -0.05) is 0 Å². The van der Waals surface area contributed by atoms with Crippen LogP contribution in [0.1, 0.15) is 17.5 Å². The summed E-state index contributed by atoms with van der Waals surface area (Å²) in [4.78, 5) is 6.05. The molecule has 0 atom stereocenters. The summed E-state index contributed by atoms with van der Waals surface area (Å²) in [7, 11) is 0. The minimum atomic E-state index is 1.10. The largest absolute Gasteiger partial charge is 0.245 e. The molecule has 0 bridgehead atoms. The third-order valence-electron chi connectivity index (χ3n) is 2.63. The molecule has 0 saturated carbocycles. The van der Waals surface area contributed by atoms with E-state index in [4.69, 9.17) is 4.99 Å². The van der Waals surface area contributed by atoms with Crippen molar-refractivity contribution < 1.29 is 0 Å². The van der Waals surface area contributed by atoms with Crippen LogP contribution in [0.25, 0.3) is 0 Å². The molecular formula is C12H15NS2. The van der Waals surface area contributed by atoms with Gasteiger partial charge in [0.1, 0.15) is 0 Å². The van der Waals surface area contributed by atoms with Crippen molar-refractivity contribution in [1.82, 2.24) is 0 Å². The molecule has 1 aromatic carbocycles. The molecule has 1 aliphatic rings. The van der Waals surface area contributed by atoms with Crippen LogP contribution in [0, 0.1) is 13.8 Å². The highest BCUT2D eigenvalue weighted by atomic mass is 32.2. The van der Waals surface area contributed by atoms with Gasteiger partial charge in [-0.2, -0.15) is 0 Å². The molecule has 0 unspecified atom stereocenters. The van der Waals surface area contributed by atoms with E-state index in [2.05, 4.69) is 32.2 Å². The lowest BCUT2D eigenvalue weighted by molar-refractivity contribution is 1.26. The number of aliphatic imine (C=N–C) groups is 1. The van der Waals surface area contributed by atoms with E-state index in [-0.39, 0.29) is 0 Å². The Kier molecular flexibility index (Phi) is 3.42. The number of aryl methyl sites for hydroxylation is 2. The van der Waals surface area contributed by atoms with Gasteiger partial charge < -0.3 is 0 Å². The van der Waals surface area contributed by atoms with Gasteiger partial charge in [-0.3, -0.25) is 0 Å². The van der Waals surface area contributed by atoms with Gasteiger partial charge >= 0.3 is 0 Å². The molecule has 0 aromatic heterocycles. The lowest BCUT2D eigenvalue weighted by Gasteiger charge is -2.06. The zero-order valence-electron chi connectivity index (χ0n) is 9.33. The summed E-state index contributed by atoms with van der Waals surface area (Å²) in [5.41, 5.74) is 3.86. The average Bonchev–Trinajstić information content (AvgIpc) is 2.41. The highest BCUT2D eigenvalue weighted by Gasteiger charge is 2.11. The van der Waals surface area contributed by atoms with Crippen LogP contribution in [0.3, 0.4) is 0 Å². The Morgan fingerprint density at radius 3 is 2.73 bits per heavy atom. The molecule has 1 aromatic rings. The summed E-state index contributed by atoms with van der Waals surface area (Å²) in [6.45, 7) is 4.32. The van der Waals surface area contributed by atoms with E-state index >= 15 is 0 Å². The van der Waals surface area contributed by atoms with Crippen molar-refractivity contribution >= 4 is 34.3 Å². The monoisotopic (exact) mass is 237 g/mol. The first-order valence-corrected chi connectivity index (χ1v) is 7.27. The molecular weight excluding hydrogens is 222 g/mol. The van der Waals surface area contributed by atoms with Crippen LogP contribution in [0.2, 0.25) is 0 Å². The van der Waals surface area contributed by atoms with Gasteiger partial charge in [-0.05, 0) is 43.4 Å². The van der Waals surface area contributed by atoms with E-state index in [9.17, 15) is 0 Å². The minimum absolute atomic E-state index is 1.10. The fourth-order valence-electron chi connectivity index (χ4n) is 1.56. The highest BCUT2D eigenvalue weighted by Crippen LogP contribution is 2.36. The number of nitrogens with zero attached hydrogens (tertiary/aromatic N) is 1. The van der Waals surface area contributed by atoms with Gasteiger partial charge in [-0.25, -0.2) is 4.99 Å². The lowest BCUT2D eigenvalue weighted by Crippen LogP contribution is -1.90. The van der Waals surface area contributed by atoms with Crippen LogP contribution >= 0.6 is 23.5 Å². The Morgan fingerprint density at radius 1 is 1.27 bits per heavy atom. The molecule has 1 nitrogen and oxygen atoms in total. The van der Waals surface area contributed by atoms with Gasteiger partial charge in [0.25, 0.3) is 0 Å². The Morgan fingerprint density at radius 2 is 2.00 bits per heavy atom. The maximum Gasteiger partial charge on any atom is 0.0777 e. The summed E-state index contributed by atoms with van der Waals surface area (Å²) in [6, 6.07) is 4.47. The first kappa shape index (κ1) is 11.1. The van der Waals surface area contributed by atoms with Gasteiger partial charge in [0.05, 0.1) is 10.7 Å². The number of hydrogen-bond donors (Lipinski definition) is 0. The van der Waals surface area contributed by atoms with E-state index in [1.165, 1.54) is 21.1 Å². The highest BCUT2D eigenvalue weighted by molar-refractivity contribution is 8.13. The van der Waals surface area contributed by atoms with Gasteiger partial charge in [0.2, 0.25) is 0 Å². The standard InChI is InChI=1S/C12H15NS2/c1-8-6-10-11(7-9(8)2)15-5-4-12(13-10)14-3/h6-7H,4-5H2,1-3H3. The van der Waals surface area contributed by atoms with Crippen LogP contribution in [0.15, 0.2) is 22.0 Å². The van der Waals surface area contributed by atoms with Crippen LogP contribution in [-0.4, -0.2) is 17.1 Å². The van der Waals surface area contributed by atoms with Gasteiger partial charge in [-0.15, -0.1) is 23.5 Å². The Hall–Kier alpha value is -0.410. The average molecular weight is 237 g/mol. The second-order valence-corrected chi connectivity index (χ2v) is 5.73. The zero-order chi connectivity index (χ0) is 10.8. The number of hydrogen-bond acceptors (Lipinski definition) is 3. The number of thioether (sulfide) groups is 2. The predicted octanol–water partition coefficient (Wildman–Crippen LogP) is 4.19. The van der Waals surface area contributed by atoms with Gasteiger partial charge in [0, 0.05) is 17.1 Å². The molecule has 1 aliphatic heterocycles. The van der Waals surface area contributed by atoms with Crippen LogP contribution in [-0.2, 0) is 0 Å². The molecule has 1 heterocycles. The number of benzene rings is 1. The van der Waals surface area contributed by atoms with Crippen LogP contribution in [0.5, 0.6) is 0 Å². The molecule has 0 N–H and O–H groups in total. The van der Waals surface area contributed by atoms with Crippen molar-refractivity contribution in [2.45, 2.75) is 25.2 Å². The fourth-order valence-corrected chi connectivity index (χ4v) is 3.22. The van der Waals surface area contributed by atoms with E-state index in [1.807, 2.05) is 11.8 Å². The first-order valence-electron chi connectivity index (χ1n) is 5.06. The second-order valence-electron chi connectivity index (χ2n) is 3.71. The normalized spacial score (nSPS) is 15.5. The molecule has 0 fully saturated rings. The van der Waals surface area contributed by atoms with E-state index in [1.54, 1.807) is 11.8 Å². The summed E-state index contributed by atoms with van der Waals surface area (Å²) in [6.07, 6.45) is 3.20. The van der Waals surface area contributed by atoms with Crippen molar-refractivity contribution in [3.05, 3.63) is 23.3 Å². The molecule has 3 heteroatoms. The maximum atomic E-state index is 4.72. The summed E-state index contributed by atoms with van der Waals surface area (Å²) in [5.74, 6) is 1.15. The summed E-state index contributed by atoms with van der Waals surface area (Å²) >= 11 is 3.69. The third-order valence-corrected chi connectivity index (χ3v) is 4.44. The molecule has 15 heavy (non-hydrogen) atoms. The molecule has 0 saturated heterocycles. The van der Waals surface area contributed by atoms with Crippen molar-refractivity contribution in [2.75, 3.05) is 12.0 Å². The van der Waals surface area contributed by atoms with Crippen LogP contribution in [0.4, 0.5) is 5.69 Å². The topological polar surface area (TPSA) is 12.4 Å². The molecule has 0 spiro atoms. The van der Waals surface area contributed by atoms with Crippen molar-refractivity contribution in [3.63, 3.8) is 0 Å². The smallest absolute Gasteiger partial charge is 0.0777 e. The number of fused-ring (bicyclic) bond motifs is 1. The molecule has 80 valence electrons. The lowest BCUT2D eigenvalue weighted by atomic mass is 10.1. The van der Waals surface area contributed by atoms with Crippen LogP contribution < -0.4 is 0 Å². The molecule has 0 radical (unpaired) electrons. The summed E-state index contributed by atoms with van der Waals surface area (Å²) < 4.78 is 0. The maximum absolute atomic E-state index is 4.72. The first-order chi connectivity index (χ1) is 7.20. The SMILES string of the molecule is CSC1=Nc2cc(C)c(C)cc2SCC1. The minimum Gasteiger partial charge on any atom is -0.245 e. The predicted molar refractivity (Wildman–Crippen MR) is 71.9 cm³/mol. The molecule has 2 rings (SSSR count). The van der Waals surface area contributed by atoms with Gasteiger partial charge in [0.15, 0.2) is 0 Å².